The van der Waals surface area contributed by atoms with Crippen molar-refractivity contribution in [3.63, 3.8) is 0 Å². The first-order valence-corrected chi connectivity index (χ1v) is 15.3. The Morgan fingerprint density at radius 1 is 1.00 bits per heavy atom. The minimum atomic E-state index is -4.74. The van der Waals surface area contributed by atoms with Crippen LogP contribution >= 0.6 is 0 Å². The molecule has 4 aliphatic rings. The Hall–Kier alpha value is -0.290. The fraction of sp³-hybridized carbons (Fsp3) is 1.00. The molecule has 0 radical (unpaired) electrons. The fourth-order valence-corrected chi connectivity index (χ4v) is 10.1. The molecule has 4 rings (SSSR count). The van der Waals surface area contributed by atoms with Crippen LogP contribution in [0.4, 0.5) is 0 Å². The maximum Gasteiger partial charge on any atom is 0.397 e. The van der Waals surface area contributed by atoms with Gasteiger partial charge in [-0.25, -0.2) is 4.18 Å². The van der Waals surface area contributed by atoms with Gasteiger partial charge in [0.25, 0.3) is 0 Å². The van der Waals surface area contributed by atoms with Crippen LogP contribution in [0.2, 0.25) is 0 Å². The first-order chi connectivity index (χ1) is 16.5. The number of aliphatic hydroxyl groups is 4. The molecular formula is C27H48O8S. The molecular weight excluding hydrogens is 484 g/mol. The van der Waals surface area contributed by atoms with E-state index in [0.717, 1.165) is 19.3 Å². The van der Waals surface area contributed by atoms with Crippen LogP contribution in [0.15, 0.2) is 0 Å². The normalized spacial score (nSPS) is 48.7. The van der Waals surface area contributed by atoms with Crippen LogP contribution in [-0.4, -0.2) is 63.4 Å². The molecule has 12 unspecified atom stereocenters. The predicted octanol–water partition coefficient (Wildman–Crippen LogP) is 3.32. The van der Waals surface area contributed by atoms with Crippen molar-refractivity contribution >= 4 is 10.4 Å². The highest BCUT2D eigenvalue weighted by molar-refractivity contribution is 7.80. The SMILES string of the molecule is CC(C)C(O)CCC(C)C1CC(OS(=O)(=O)O)C2C1(C)CCC1C3(C)CCC(O)CC3C(O)CC12O. The Balaban J connectivity index is 1.69. The molecule has 210 valence electrons. The van der Waals surface area contributed by atoms with Crippen molar-refractivity contribution in [2.45, 2.75) is 122 Å². The lowest BCUT2D eigenvalue weighted by atomic mass is 9.42. The van der Waals surface area contributed by atoms with Gasteiger partial charge in [-0.15, -0.1) is 0 Å². The molecule has 5 N–H and O–H groups in total. The molecule has 8 nitrogen and oxygen atoms in total. The molecule has 4 fully saturated rings. The molecule has 0 bridgehead atoms. The lowest BCUT2D eigenvalue weighted by Gasteiger charge is -2.66. The highest BCUT2D eigenvalue weighted by Crippen LogP contribution is 2.70. The molecule has 0 spiro atoms. The quantitative estimate of drug-likeness (QED) is 0.314. The first kappa shape index (κ1) is 28.7. The van der Waals surface area contributed by atoms with Gasteiger partial charge in [0.1, 0.15) is 0 Å². The Morgan fingerprint density at radius 2 is 1.64 bits per heavy atom. The van der Waals surface area contributed by atoms with Crippen LogP contribution in [0.1, 0.15) is 92.4 Å². The lowest BCUT2D eigenvalue weighted by molar-refractivity contribution is -0.262. The van der Waals surface area contributed by atoms with Crippen molar-refractivity contribution in [2.75, 3.05) is 0 Å². The van der Waals surface area contributed by atoms with Gasteiger partial charge in [0.15, 0.2) is 0 Å². The van der Waals surface area contributed by atoms with Crippen molar-refractivity contribution in [3.05, 3.63) is 0 Å². The molecule has 0 heterocycles. The van der Waals surface area contributed by atoms with Gasteiger partial charge in [-0.2, -0.15) is 8.42 Å². The summed E-state index contributed by atoms with van der Waals surface area (Å²) in [6, 6.07) is 0. The molecule has 0 aromatic carbocycles. The smallest absolute Gasteiger partial charge is 0.393 e. The Bertz CT molecular complexity index is 909. The van der Waals surface area contributed by atoms with Gasteiger partial charge in [0.05, 0.1) is 30.0 Å². The minimum absolute atomic E-state index is 0.0365. The van der Waals surface area contributed by atoms with E-state index in [1.54, 1.807) is 0 Å². The highest BCUT2D eigenvalue weighted by atomic mass is 32.3. The summed E-state index contributed by atoms with van der Waals surface area (Å²) < 4.78 is 38.8. The molecule has 0 aromatic heterocycles. The summed E-state index contributed by atoms with van der Waals surface area (Å²) in [5.41, 5.74) is -2.16. The largest absolute Gasteiger partial charge is 0.397 e. The third kappa shape index (κ3) is 4.80. The van der Waals surface area contributed by atoms with E-state index in [9.17, 15) is 33.4 Å². The van der Waals surface area contributed by atoms with E-state index in [4.69, 9.17) is 4.18 Å². The average Bonchev–Trinajstić information content (AvgIpc) is 3.04. The summed E-state index contributed by atoms with van der Waals surface area (Å²) in [4.78, 5) is 0. The second kappa shape index (κ2) is 9.72. The van der Waals surface area contributed by atoms with Crippen molar-refractivity contribution in [1.82, 2.24) is 0 Å². The monoisotopic (exact) mass is 532 g/mol. The van der Waals surface area contributed by atoms with E-state index in [-0.39, 0.29) is 41.4 Å². The van der Waals surface area contributed by atoms with E-state index < -0.39 is 51.7 Å². The molecule has 0 amide bonds. The molecule has 0 aliphatic heterocycles. The van der Waals surface area contributed by atoms with Crippen molar-refractivity contribution in [2.24, 2.45) is 46.3 Å². The summed E-state index contributed by atoms with van der Waals surface area (Å²) >= 11 is 0. The zero-order valence-corrected chi connectivity index (χ0v) is 23.3. The summed E-state index contributed by atoms with van der Waals surface area (Å²) in [6.45, 7) is 10.3. The van der Waals surface area contributed by atoms with Crippen LogP contribution in [0.25, 0.3) is 0 Å². The summed E-state index contributed by atoms with van der Waals surface area (Å²) in [5, 5.41) is 44.5. The standard InChI is InChI=1S/C27H48O8S/c1-15(2)20(29)7-6-16(3)18-13-22(35-36(32,33)34)24-26(18,5)11-9-23-25(4)10-8-17(28)12-19(25)21(30)14-27(23,24)31/h15-24,28-31H,6-14H2,1-5H3,(H,32,33,34). The van der Waals surface area contributed by atoms with E-state index >= 15 is 0 Å². The summed E-state index contributed by atoms with van der Waals surface area (Å²) in [5.74, 6) is -0.495. The van der Waals surface area contributed by atoms with Gasteiger partial charge in [-0.3, -0.25) is 4.55 Å². The number of hydrogen-bond acceptors (Lipinski definition) is 7. The van der Waals surface area contributed by atoms with Crippen LogP contribution in [0.3, 0.4) is 0 Å². The zero-order valence-electron chi connectivity index (χ0n) is 22.5. The molecule has 4 aliphatic carbocycles. The third-order valence-corrected chi connectivity index (χ3v) is 11.8. The van der Waals surface area contributed by atoms with E-state index in [1.807, 2.05) is 13.8 Å². The lowest BCUT2D eigenvalue weighted by Crippen LogP contribution is -2.68. The van der Waals surface area contributed by atoms with Gasteiger partial charge in [0.2, 0.25) is 0 Å². The van der Waals surface area contributed by atoms with Crippen LogP contribution in [0.5, 0.6) is 0 Å². The molecule has 0 saturated heterocycles. The first-order valence-electron chi connectivity index (χ1n) is 13.9. The van der Waals surface area contributed by atoms with Crippen molar-refractivity contribution < 1.29 is 37.6 Å². The summed E-state index contributed by atoms with van der Waals surface area (Å²) in [6.07, 6.45) is 2.75. The highest BCUT2D eigenvalue weighted by Gasteiger charge is 2.71. The van der Waals surface area contributed by atoms with Gasteiger partial charge in [-0.05, 0) is 91.8 Å². The fourth-order valence-electron chi connectivity index (χ4n) is 9.59. The average molecular weight is 533 g/mol. The maximum atomic E-state index is 12.5. The predicted molar refractivity (Wildman–Crippen MR) is 135 cm³/mol. The number of aliphatic hydroxyl groups excluding tert-OH is 3. The van der Waals surface area contributed by atoms with Gasteiger partial charge in [0, 0.05) is 12.3 Å². The zero-order chi connectivity index (χ0) is 26.8. The molecule has 0 aromatic rings. The minimum Gasteiger partial charge on any atom is -0.393 e. The summed E-state index contributed by atoms with van der Waals surface area (Å²) in [7, 11) is -4.74. The number of hydrogen-bond donors (Lipinski definition) is 5. The second-order valence-electron chi connectivity index (χ2n) is 13.6. The Kier molecular flexibility index (Phi) is 7.75. The number of fused-ring (bicyclic) bond motifs is 5. The third-order valence-electron chi connectivity index (χ3n) is 11.3. The Morgan fingerprint density at radius 3 is 2.25 bits per heavy atom. The van der Waals surface area contributed by atoms with Gasteiger partial charge >= 0.3 is 10.4 Å². The Labute approximate surface area is 216 Å². The molecule has 4 saturated carbocycles. The molecule has 9 heteroatoms. The van der Waals surface area contributed by atoms with Crippen molar-refractivity contribution in [1.29, 1.82) is 0 Å². The second-order valence-corrected chi connectivity index (χ2v) is 14.7. The van der Waals surface area contributed by atoms with Crippen LogP contribution < -0.4 is 0 Å². The van der Waals surface area contributed by atoms with Crippen LogP contribution in [0, 0.1) is 46.3 Å². The molecule has 36 heavy (non-hydrogen) atoms. The van der Waals surface area contributed by atoms with Crippen molar-refractivity contribution in [3.8, 4) is 0 Å². The van der Waals surface area contributed by atoms with Crippen LogP contribution in [-0.2, 0) is 14.6 Å². The van der Waals surface area contributed by atoms with Gasteiger partial charge < -0.3 is 20.4 Å². The molecule has 12 atom stereocenters. The van der Waals surface area contributed by atoms with Gasteiger partial charge in [-0.1, -0.05) is 34.6 Å². The number of rotatable bonds is 7. The van der Waals surface area contributed by atoms with E-state index in [1.165, 1.54) is 0 Å². The topological polar surface area (TPSA) is 145 Å². The van der Waals surface area contributed by atoms with E-state index in [0.29, 0.717) is 32.1 Å². The van der Waals surface area contributed by atoms with E-state index in [2.05, 4.69) is 20.8 Å². The maximum absolute atomic E-state index is 12.5.